The van der Waals surface area contributed by atoms with Crippen molar-refractivity contribution in [1.29, 1.82) is 0 Å². The summed E-state index contributed by atoms with van der Waals surface area (Å²) in [6.45, 7) is 4.70. The van der Waals surface area contributed by atoms with Crippen LogP contribution >= 0.6 is 35.1 Å². The van der Waals surface area contributed by atoms with Crippen molar-refractivity contribution in [3.05, 3.63) is 76.6 Å². The molecule has 2 aliphatic heterocycles. The Kier molecular flexibility index (Phi) is 7.54. The first-order valence-electron chi connectivity index (χ1n) is 12.6. The average molecular weight is 565 g/mol. The number of nitrogens with zero attached hydrogens (tertiary/aromatic N) is 4. The molecule has 2 aliphatic rings. The number of imidazole rings is 1. The van der Waals surface area contributed by atoms with E-state index in [9.17, 15) is 0 Å². The number of benzene rings is 2. The first kappa shape index (κ1) is 25.6. The maximum absolute atomic E-state index is 6.63. The van der Waals surface area contributed by atoms with Crippen molar-refractivity contribution < 1.29 is 4.74 Å². The molecule has 38 heavy (non-hydrogen) atoms. The number of morpholine rings is 1. The maximum atomic E-state index is 6.63. The highest BCUT2D eigenvalue weighted by Gasteiger charge is 2.22. The van der Waals surface area contributed by atoms with Gasteiger partial charge in [0.25, 0.3) is 0 Å². The number of thioether (sulfide) groups is 1. The smallest absolute Gasteiger partial charge is 0.172 e. The second-order valence-electron chi connectivity index (χ2n) is 9.50. The minimum absolute atomic E-state index is 0.388. The van der Waals surface area contributed by atoms with Crippen molar-refractivity contribution >= 4 is 63.1 Å². The average Bonchev–Trinajstić information content (AvgIpc) is 3.56. The van der Waals surface area contributed by atoms with Crippen LogP contribution in [0.4, 0.5) is 17.1 Å². The van der Waals surface area contributed by atoms with Crippen molar-refractivity contribution in [1.82, 2.24) is 19.4 Å². The molecule has 4 aromatic rings. The largest absolute Gasteiger partial charge is 0.396 e. The SMILES string of the molecule is Cn1ccnc1Sc1ccc(Nc2c(N)cnc3cc(C4C=C(CN5CCOCC5)SC4)ccc23)cc1Cl. The number of anilines is 3. The second-order valence-corrected chi connectivity index (χ2v) is 12.1. The number of fused-ring (bicyclic) bond motifs is 1. The number of nitrogens with two attached hydrogens (primary N) is 1. The van der Waals surface area contributed by atoms with Crippen molar-refractivity contribution in [3.63, 3.8) is 0 Å². The summed E-state index contributed by atoms with van der Waals surface area (Å²) < 4.78 is 7.45. The highest BCUT2D eigenvalue weighted by Crippen LogP contribution is 2.39. The molecule has 10 heteroatoms. The summed E-state index contributed by atoms with van der Waals surface area (Å²) in [5.41, 5.74) is 10.9. The fraction of sp³-hybridized carbons (Fsp3) is 0.286. The molecule has 7 nitrogen and oxygen atoms in total. The summed E-state index contributed by atoms with van der Waals surface area (Å²) in [5.74, 6) is 1.45. The van der Waals surface area contributed by atoms with E-state index in [4.69, 9.17) is 22.1 Å². The molecule has 4 heterocycles. The summed E-state index contributed by atoms with van der Waals surface area (Å²) in [6.07, 6.45) is 7.84. The number of rotatable bonds is 7. The monoisotopic (exact) mass is 564 g/mol. The summed E-state index contributed by atoms with van der Waals surface area (Å²) in [6, 6.07) is 12.5. The predicted octanol–water partition coefficient (Wildman–Crippen LogP) is 6.15. The van der Waals surface area contributed by atoms with Gasteiger partial charge in [0.05, 0.1) is 41.3 Å². The highest BCUT2D eigenvalue weighted by molar-refractivity contribution is 8.03. The van der Waals surface area contributed by atoms with Gasteiger partial charge in [-0.15, -0.1) is 11.8 Å². The zero-order valence-corrected chi connectivity index (χ0v) is 23.5. The molecule has 0 bridgehead atoms. The molecule has 0 spiro atoms. The van der Waals surface area contributed by atoms with Gasteiger partial charge < -0.3 is 20.4 Å². The van der Waals surface area contributed by atoms with Crippen LogP contribution in [0.1, 0.15) is 11.5 Å². The second kappa shape index (κ2) is 11.2. The quantitative estimate of drug-likeness (QED) is 0.277. The Morgan fingerprint density at radius 2 is 2.05 bits per heavy atom. The molecule has 3 N–H and O–H groups in total. The lowest BCUT2D eigenvalue weighted by atomic mass is 9.98. The van der Waals surface area contributed by atoms with Crippen LogP contribution in [-0.2, 0) is 11.8 Å². The Hall–Kier alpha value is -2.69. The van der Waals surface area contributed by atoms with E-state index in [0.717, 1.165) is 70.9 Å². The summed E-state index contributed by atoms with van der Waals surface area (Å²) >= 11 is 10.1. The molecule has 196 valence electrons. The highest BCUT2D eigenvalue weighted by atomic mass is 35.5. The summed E-state index contributed by atoms with van der Waals surface area (Å²) in [4.78, 5) is 13.9. The molecule has 0 aliphatic carbocycles. The van der Waals surface area contributed by atoms with Gasteiger partial charge in [-0.25, -0.2) is 4.98 Å². The number of halogens is 1. The number of hydrogen-bond acceptors (Lipinski definition) is 8. The Morgan fingerprint density at radius 3 is 2.84 bits per heavy atom. The Bertz CT molecular complexity index is 1500. The first-order chi connectivity index (χ1) is 18.5. The molecule has 0 amide bonds. The molecule has 0 radical (unpaired) electrons. The van der Waals surface area contributed by atoms with E-state index in [-0.39, 0.29) is 0 Å². The van der Waals surface area contributed by atoms with Crippen LogP contribution in [-0.4, -0.2) is 58.0 Å². The number of hydrogen-bond donors (Lipinski definition) is 2. The molecule has 1 fully saturated rings. The number of allylic oxidation sites excluding steroid dienone is 1. The van der Waals surface area contributed by atoms with Crippen LogP contribution in [0.5, 0.6) is 0 Å². The molecule has 2 aromatic heterocycles. The molecule has 0 saturated carbocycles. The van der Waals surface area contributed by atoms with Gasteiger partial charge in [-0.05, 0) is 34.7 Å². The Balaban J connectivity index is 1.21. The lowest BCUT2D eigenvalue weighted by molar-refractivity contribution is 0.0431. The van der Waals surface area contributed by atoms with Crippen molar-refractivity contribution in [2.24, 2.45) is 7.05 Å². The van der Waals surface area contributed by atoms with Crippen LogP contribution in [0, 0.1) is 0 Å². The van der Waals surface area contributed by atoms with Gasteiger partial charge in [0.1, 0.15) is 0 Å². The van der Waals surface area contributed by atoms with E-state index < -0.39 is 0 Å². The van der Waals surface area contributed by atoms with Gasteiger partial charge in [-0.3, -0.25) is 9.88 Å². The van der Waals surface area contributed by atoms with Gasteiger partial charge in [-0.1, -0.05) is 41.6 Å². The van der Waals surface area contributed by atoms with Crippen molar-refractivity contribution in [2.75, 3.05) is 49.7 Å². The predicted molar refractivity (Wildman–Crippen MR) is 159 cm³/mol. The van der Waals surface area contributed by atoms with Crippen LogP contribution < -0.4 is 11.1 Å². The molecule has 1 unspecified atom stereocenters. The summed E-state index contributed by atoms with van der Waals surface area (Å²) in [7, 11) is 1.97. The lowest BCUT2D eigenvalue weighted by Gasteiger charge is -2.26. The van der Waals surface area contributed by atoms with Gasteiger partial charge in [0, 0.05) is 66.7 Å². The lowest BCUT2D eigenvalue weighted by Crippen LogP contribution is -2.37. The van der Waals surface area contributed by atoms with E-state index >= 15 is 0 Å². The van der Waals surface area contributed by atoms with Crippen LogP contribution in [0.15, 0.2) is 76.0 Å². The number of nitrogens with one attached hydrogen (secondary N) is 1. The molecule has 2 aromatic carbocycles. The van der Waals surface area contributed by atoms with E-state index in [2.05, 4.69) is 44.5 Å². The molecule has 1 saturated heterocycles. The minimum Gasteiger partial charge on any atom is -0.396 e. The zero-order chi connectivity index (χ0) is 26.1. The van der Waals surface area contributed by atoms with E-state index in [1.165, 1.54) is 22.2 Å². The summed E-state index contributed by atoms with van der Waals surface area (Å²) in [5, 5.41) is 6.01. The third kappa shape index (κ3) is 5.53. The first-order valence-corrected chi connectivity index (χ1v) is 14.7. The number of nitrogen functional groups attached to an aromatic ring is 1. The number of aryl methyl sites for hydroxylation is 1. The molecule has 6 rings (SSSR count). The van der Waals surface area contributed by atoms with Crippen molar-refractivity contribution in [2.45, 2.75) is 16.0 Å². The normalized spacial score (nSPS) is 18.2. The third-order valence-electron chi connectivity index (χ3n) is 6.85. The fourth-order valence-electron chi connectivity index (χ4n) is 4.74. The maximum Gasteiger partial charge on any atom is 0.172 e. The van der Waals surface area contributed by atoms with Gasteiger partial charge in [-0.2, -0.15) is 0 Å². The van der Waals surface area contributed by atoms with Crippen LogP contribution in [0.25, 0.3) is 10.9 Å². The van der Waals surface area contributed by atoms with Gasteiger partial charge in [0.2, 0.25) is 0 Å². The van der Waals surface area contributed by atoms with Gasteiger partial charge in [0.15, 0.2) is 5.16 Å². The minimum atomic E-state index is 0.388. The number of aromatic nitrogens is 3. The Labute approximate surface area is 235 Å². The molecular weight excluding hydrogens is 536 g/mol. The van der Waals surface area contributed by atoms with Gasteiger partial charge >= 0.3 is 0 Å². The fourth-order valence-corrected chi connectivity index (χ4v) is 7.06. The van der Waals surface area contributed by atoms with Crippen LogP contribution in [0.3, 0.4) is 0 Å². The molecular formula is C28H29ClN6OS2. The molecule has 1 atom stereocenters. The topological polar surface area (TPSA) is 81.2 Å². The van der Waals surface area contributed by atoms with E-state index in [1.54, 1.807) is 12.4 Å². The van der Waals surface area contributed by atoms with Crippen LogP contribution in [0.2, 0.25) is 5.02 Å². The zero-order valence-electron chi connectivity index (χ0n) is 21.1. The van der Waals surface area contributed by atoms with Crippen molar-refractivity contribution in [3.8, 4) is 0 Å². The third-order valence-corrected chi connectivity index (χ3v) is 9.59. The Morgan fingerprint density at radius 1 is 1.18 bits per heavy atom. The number of pyridine rings is 1. The van der Waals surface area contributed by atoms with E-state index in [1.807, 2.05) is 47.8 Å². The van der Waals surface area contributed by atoms with E-state index in [0.29, 0.717) is 16.6 Å². The standard InChI is InChI=1S/C28H29ClN6OS2/c1-34-7-6-31-28(34)38-26-5-3-20(14-23(26)29)33-27-22-4-2-18(13-25(22)32-15-24(27)30)19-12-21(37-17-19)16-35-8-10-36-11-9-35/h2-7,12-15,19H,8-11,16-17,30H2,1H3,(H,32,33). The number of ether oxygens (including phenoxy) is 1.